The minimum atomic E-state index is 0.261. The number of aromatic nitrogens is 3. The van der Waals surface area contributed by atoms with Crippen molar-refractivity contribution >= 4 is 5.82 Å². The Balaban J connectivity index is 2.36. The molecule has 0 atom stereocenters. The average Bonchev–Trinajstić information content (AvgIpc) is 2.40. The first kappa shape index (κ1) is 13.3. The Bertz CT molecular complexity index is 552. The maximum Gasteiger partial charge on any atom is 0.227 e. The van der Waals surface area contributed by atoms with E-state index in [0.717, 1.165) is 17.1 Å². The maximum atomic E-state index is 5.81. The molecule has 0 spiro atoms. The van der Waals surface area contributed by atoms with Gasteiger partial charge in [-0.15, -0.1) is 0 Å². The van der Waals surface area contributed by atoms with E-state index in [-0.39, 0.29) is 5.92 Å². The zero-order valence-corrected chi connectivity index (χ0v) is 11.6. The molecule has 0 aliphatic rings. The maximum absolute atomic E-state index is 5.81. The van der Waals surface area contributed by atoms with Gasteiger partial charge in [0.25, 0.3) is 0 Å². The van der Waals surface area contributed by atoms with Crippen molar-refractivity contribution in [3.05, 3.63) is 35.9 Å². The van der Waals surface area contributed by atoms with Gasteiger partial charge in [0.1, 0.15) is 17.9 Å². The molecule has 5 heteroatoms. The second-order valence-corrected chi connectivity index (χ2v) is 4.58. The molecule has 100 valence electrons. The Morgan fingerprint density at radius 3 is 2.53 bits per heavy atom. The van der Waals surface area contributed by atoms with Gasteiger partial charge in [-0.25, -0.2) is 9.97 Å². The number of pyridine rings is 1. The van der Waals surface area contributed by atoms with Crippen LogP contribution in [0.3, 0.4) is 0 Å². The quantitative estimate of drug-likeness (QED) is 0.912. The highest BCUT2D eigenvalue weighted by Gasteiger charge is 2.16. The van der Waals surface area contributed by atoms with Crippen molar-refractivity contribution in [3.8, 4) is 11.6 Å². The first-order valence-electron chi connectivity index (χ1n) is 6.25. The topological polar surface area (TPSA) is 59.9 Å². The standard InChI is InChI=1S/C14H18N4O/c1-9(2)12-13(15-4)17-8-18-14(12)19-11-6-5-10(3)16-7-11/h5-9H,1-4H3,(H,15,17,18). The molecule has 0 bridgehead atoms. The largest absolute Gasteiger partial charge is 0.437 e. The van der Waals surface area contributed by atoms with Gasteiger partial charge >= 0.3 is 0 Å². The summed E-state index contributed by atoms with van der Waals surface area (Å²) in [4.78, 5) is 12.7. The molecule has 0 amide bonds. The van der Waals surface area contributed by atoms with Crippen LogP contribution in [0.1, 0.15) is 31.0 Å². The van der Waals surface area contributed by atoms with Gasteiger partial charge in [0, 0.05) is 12.7 Å². The van der Waals surface area contributed by atoms with E-state index in [9.17, 15) is 0 Å². The second-order valence-electron chi connectivity index (χ2n) is 4.58. The minimum Gasteiger partial charge on any atom is -0.437 e. The van der Waals surface area contributed by atoms with E-state index < -0.39 is 0 Å². The SMILES string of the molecule is CNc1ncnc(Oc2ccc(C)nc2)c1C(C)C. The van der Waals surface area contributed by atoms with E-state index in [1.54, 1.807) is 6.20 Å². The number of anilines is 1. The van der Waals surface area contributed by atoms with Crippen molar-refractivity contribution in [2.24, 2.45) is 0 Å². The van der Waals surface area contributed by atoms with Crippen LogP contribution in [0, 0.1) is 6.92 Å². The smallest absolute Gasteiger partial charge is 0.227 e. The Morgan fingerprint density at radius 2 is 1.95 bits per heavy atom. The van der Waals surface area contributed by atoms with Gasteiger partial charge in [-0.1, -0.05) is 13.8 Å². The fourth-order valence-corrected chi connectivity index (χ4v) is 1.81. The zero-order valence-electron chi connectivity index (χ0n) is 11.6. The zero-order chi connectivity index (χ0) is 13.8. The Hall–Kier alpha value is -2.17. The van der Waals surface area contributed by atoms with Crippen LogP contribution in [0.15, 0.2) is 24.7 Å². The van der Waals surface area contributed by atoms with Crippen LogP contribution in [0.5, 0.6) is 11.6 Å². The lowest BCUT2D eigenvalue weighted by atomic mass is 10.1. The predicted molar refractivity (Wildman–Crippen MR) is 74.7 cm³/mol. The van der Waals surface area contributed by atoms with Gasteiger partial charge in [0.15, 0.2) is 0 Å². The first-order valence-corrected chi connectivity index (χ1v) is 6.25. The molecule has 5 nitrogen and oxygen atoms in total. The summed E-state index contributed by atoms with van der Waals surface area (Å²) in [6, 6.07) is 3.79. The van der Waals surface area contributed by atoms with Crippen molar-refractivity contribution in [2.75, 3.05) is 12.4 Å². The van der Waals surface area contributed by atoms with Crippen LogP contribution in [0.2, 0.25) is 0 Å². The molecule has 2 aromatic rings. The van der Waals surface area contributed by atoms with Gasteiger partial charge in [0.2, 0.25) is 5.88 Å². The van der Waals surface area contributed by atoms with Crippen molar-refractivity contribution in [2.45, 2.75) is 26.7 Å². The van der Waals surface area contributed by atoms with Gasteiger partial charge in [0.05, 0.1) is 11.8 Å². The third-order valence-corrected chi connectivity index (χ3v) is 2.76. The predicted octanol–water partition coefficient (Wildman–Crippen LogP) is 3.14. The lowest BCUT2D eigenvalue weighted by Gasteiger charge is -2.15. The molecule has 19 heavy (non-hydrogen) atoms. The van der Waals surface area contributed by atoms with Crippen molar-refractivity contribution in [1.82, 2.24) is 15.0 Å². The molecule has 0 fully saturated rings. The summed E-state index contributed by atoms with van der Waals surface area (Å²) in [6.45, 7) is 6.10. The molecule has 0 aromatic carbocycles. The fraction of sp³-hybridized carbons (Fsp3) is 0.357. The summed E-state index contributed by atoms with van der Waals surface area (Å²) < 4.78 is 5.81. The fourth-order valence-electron chi connectivity index (χ4n) is 1.81. The van der Waals surface area contributed by atoms with Crippen LogP contribution in [0.4, 0.5) is 5.82 Å². The molecule has 0 aliphatic heterocycles. The number of hydrogen-bond acceptors (Lipinski definition) is 5. The molecule has 2 aromatic heterocycles. The van der Waals surface area contributed by atoms with E-state index in [0.29, 0.717) is 11.6 Å². The molecule has 2 rings (SSSR count). The molecular weight excluding hydrogens is 240 g/mol. The molecule has 0 unspecified atom stereocenters. The van der Waals surface area contributed by atoms with Crippen LogP contribution < -0.4 is 10.1 Å². The van der Waals surface area contributed by atoms with E-state index in [4.69, 9.17) is 4.74 Å². The molecule has 0 saturated carbocycles. The number of aryl methyl sites for hydroxylation is 1. The highest BCUT2D eigenvalue weighted by Crippen LogP contribution is 2.32. The number of ether oxygens (including phenoxy) is 1. The molecule has 2 heterocycles. The highest BCUT2D eigenvalue weighted by molar-refractivity contribution is 5.51. The Kier molecular flexibility index (Phi) is 3.94. The third kappa shape index (κ3) is 2.99. The molecular formula is C14H18N4O. The van der Waals surface area contributed by atoms with Crippen LogP contribution in [-0.2, 0) is 0 Å². The summed E-state index contributed by atoms with van der Waals surface area (Å²) in [5.74, 6) is 2.30. The highest BCUT2D eigenvalue weighted by atomic mass is 16.5. The number of rotatable bonds is 4. The first-order chi connectivity index (χ1) is 9.11. The summed E-state index contributed by atoms with van der Waals surface area (Å²) in [6.07, 6.45) is 3.19. The van der Waals surface area contributed by atoms with E-state index in [1.165, 1.54) is 6.33 Å². The number of hydrogen-bond donors (Lipinski definition) is 1. The van der Waals surface area contributed by atoms with Gasteiger partial charge < -0.3 is 10.1 Å². The molecule has 1 N–H and O–H groups in total. The summed E-state index contributed by atoms with van der Waals surface area (Å²) in [7, 11) is 1.84. The van der Waals surface area contributed by atoms with E-state index in [1.807, 2.05) is 26.1 Å². The Labute approximate surface area is 113 Å². The minimum absolute atomic E-state index is 0.261. The molecule has 0 aliphatic carbocycles. The lowest BCUT2D eigenvalue weighted by molar-refractivity contribution is 0.449. The molecule has 0 saturated heterocycles. The number of nitrogens with zero attached hydrogens (tertiary/aromatic N) is 3. The van der Waals surface area contributed by atoms with Gasteiger partial charge in [-0.05, 0) is 25.0 Å². The van der Waals surface area contributed by atoms with E-state index >= 15 is 0 Å². The second kappa shape index (κ2) is 5.65. The van der Waals surface area contributed by atoms with Crippen LogP contribution >= 0.6 is 0 Å². The monoisotopic (exact) mass is 258 g/mol. The number of nitrogens with one attached hydrogen (secondary N) is 1. The summed E-state index contributed by atoms with van der Waals surface area (Å²) in [5, 5.41) is 3.07. The summed E-state index contributed by atoms with van der Waals surface area (Å²) in [5.41, 5.74) is 1.92. The summed E-state index contributed by atoms with van der Waals surface area (Å²) >= 11 is 0. The van der Waals surface area contributed by atoms with Crippen LogP contribution in [-0.4, -0.2) is 22.0 Å². The van der Waals surface area contributed by atoms with Crippen LogP contribution in [0.25, 0.3) is 0 Å². The average molecular weight is 258 g/mol. The van der Waals surface area contributed by atoms with Gasteiger partial charge in [-0.2, -0.15) is 0 Å². The lowest BCUT2D eigenvalue weighted by Crippen LogP contribution is -2.04. The molecule has 0 radical (unpaired) electrons. The van der Waals surface area contributed by atoms with Crippen molar-refractivity contribution in [3.63, 3.8) is 0 Å². The third-order valence-electron chi connectivity index (χ3n) is 2.76. The van der Waals surface area contributed by atoms with E-state index in [2.05, 4.69) is 34.1 Å². The Morgan fingerprint density at radius 1 is 1.16 bits per heavy atom. The normalized spacial score (nSPS) is 10.6. The van der Waals surface area contributed by atoms with Crippen molar-refractivity contribution in [1.29, 1.82) is 0 Å². The van der Waals surface area contributed by atoms with Crippen molar-refractivity contribution < 1.29 is 4.74 Å². The van der Waals surface area contributed by atoms with Gasteiger partial charge in [-0.3, -0.25) is 4.98 Å².